The lowest BCUT2D eigenvalue weighted by Crippen LogP contribution is -2.36. The number of aromatic nitrogens is 1. The Bertz CT molecular complexity index is 994. The summed E-state index contributed by atoms with van der Waals surface area (Å²) in [6, 6.07) is 5.33. The third kappa shape index (κ3) is 2.88. The molecule has 9 heteroatoms. The van der Waals surface area contributed by atoms with Crippen LogP contribution in [0.15, 0.2) is 33.7 Å². The Morgan fingerprint density at radius 1 is 1.31 bits per heavy atom. The first-order chi connectivity index (χ1) is 12.1. The molecule has 0 atom stereocenters. The highest BCUT2D eigenvalue weighted by Gasteiger charge is 2.43. The number of sulfonamides is 1. The average molecular weight is 377 g/mol. The van der Waals surface area contributed by atoms with Crippen molar-refractivity contribution in [1.82, 2.24) is 14.4 Å². The lowest BCUT2D eigenvalue weighted by atomic mass is 10.1. The smallest absolute Gasteiger partial charge is 0.269 e. The van der Waals surface area contributed by atoms with Crippen LogP contribution in [-0.2, 0) is 16.6 Å². The Hall–Kier alpha value is -2.68. The van der Waals surface area contributed by atoms with E-state index in [1.54, 1.807) is 33.9 Å². The third-order valence-corrected chi connectivity index (χ3v) is 6.09. The highest BCUT2D eigenvalue weighted by atomic mass is 32.2. The van der Waals surface area contributed by atoms with Crippen LogP contribution < -0.4 is 0 Å². The maximum Gasteiger partial charge on any atom is 0.269 e. The first kappa shape index (κ1) is 18.1. The van der Waals surface area contributed by atoms with E-state index in [2.05, 4.69) is 5.16 Å². The second-order valence-corrected chi connectivity index (χ2v) is 8.28. The highest BCUT2D eigenvalue weighted by molar-refractivity contribution is 7.90. The van der Waals surface area contributed by atoms with Gasteiger partial charge in [0.1, 0.15) is 16.3 Å². The Morgan fingerprint density at radius 3 is 2.58 bits per heavy atom. The predicted molar refractivity (Wildman–Crippen MR) is 92.0 cm³/mol. The molecule has 2 heterocycles. The van der Waals surface area contributed by atoms with E-state index in [0.717, 1.165) is 4.31 Å². The number of benzene rings is 1. The molecule has 1 aromatic heterocycles. The standard InChI is InChI=1S/C17H19N3O5S/c1-10(2)20-17(22)14-6-5-12(8-15(14)26(20,23)24)16(21)19(4)9-13-7-11(3)25-18-13/h5-8,10H,9H2,1-4H3. The van der Waals surface area contributed by atoms with Crippen molar-refractivity contribution in [2.75, 3.05) is 7.05 Å². The number of rotatable bonds is 4. The molecule has 0 aliphatic carbocycles. The normalized spacial score (nSPS) is 15.4. The number of hydrogen-bond acceptors (Lipinski definition) is 6. The first-order valence-electron chi connectivity index (χ1n) is 8.03. The number of nitrogens with zero attached hydrogens (tertiary/aromatic N) is 3. The number of carbonyl (C=O) groups excluding carboxylic acids is 2. The molecule has 1 aliphatic heterocycles. The highest BCUT2D eigenvalue weighted by Crippen LogP contribution is 2.32. The molecule has 0 saturated carbocycles. The number of aryl methyl sites for hydroxylation is 1. The fraction of sp³-hybridized carbons (Fsp3) is 0.353. The van der Waals surface area contributed by atoms with Crippen molar-refractivity contribution in [3.8, 4) is 0 Å². The van der Waals surface area contributed by atoms with E-state index in [4.69, 9.17) is 4.52 Å². The summed E-state index contributed by atoms with van der Waals surface area (Å²) in [6.45, 7) is 5.22. The molecule has 0 unspecified atom stereocenters. The van der Waals surface area contributed by atoms with Gasteiger partial charge in [-0.05, 0) is 39.0 Å². The molecule has 8 nitrogen and oxygen atoms in total. The van der Waals surface area contributed by atoms with Crippen molar-refractivity contribution in [2.24, 2.45) is 0 Å². The Kier molecular flexibility index (Phi) is 4.35. The van der Waals surface area contributed by atoms with Crippen molar-refractivity contribution < 1.29 is 22.5 Å². The van der Waals surface area contributed by atoms with E-state index in [-0.39, 0.29) is 28.5 Å². The van der Waals surface area contributed by atoms with Crippen LogP contribution in [0.3, 0.4) is 0 Å². The quantitative estimate of drug-likeness (QED) is 0.805. The van der Waals surface area contributed by atoms with Gasteiger partial charge in [-0.3, -0.25) is 9.59 Å². The van der Waals surface area contributed by atoms with Crippen molar-refractivity contribution in [2.45, 2.75) is 38.3 Å². The summed E-state index contributed by atoms with van der Waals surface area (Å²) in [5, 5.41) is 3.84. The summed E-state index contributed by atoms with van der Waals surface area (Å²) >= 11 is 0. The summed E-state index contributed by atoms with van der Waals surface area (Å²) in [7, 11) is -2.36. The zero-order valence-electron chi connectivity index (χ0n) is 14.9. The van der Waals surface area contributed by atoms with Gasteiger partial charge in [-0.1, -0.05) is 5.16 Å². The van der Waals surface area contributed by atoms with Gasteiger partial charge in [0, 0.05) is 24.7 Å². The van der Waals surface area contributed by atoms with Crippen LogP contribution in [0.2, 0.25) is 0 Å². The van der Waals surface area contributed by atoms with Crippen LogP contribution >= 0.6 is 0 Å². The molecule has 2 aromatic rings. The molecule has 0 fully saturated rings. The summed E-state index contributed by atoms with van der Waals surface area (Å²) in [4.78, 5) is 26.3. The molecule has 0 saturated heterocycles. The van der Waals surface area contributed by atoms with Gasteiger partial charge in [0.15, 0.2) is 0 Å². The molecule has 1 aliphatic rings. The zero-order chi connectivity index (χ0) is 19.2. The van der Waals surface area contributed by atoms with Gasteiger partial charge in [0.05, 0.1) is 12.1 Å². The van der Waals surface area contributed by atoms with E-state index in [0.29, 0.717) is 11.5 Å². The number of amides is 2. The Morgan fingerprint density at radius 2 is 2.00 bits per heavy atom. The van der Waals surface area contributed by atoms with Gasteiger partial charge < -0.3 is 9.42 Å². The van der Waals surface area contributed by atoms with Gasteiger partial charge in [0.25, 0.3) is 21.8 Å². The van der Waals surface area contributed by atoms with Gasteiger partial charge in [0.2, 0.25) is 0 Å². The first-order valence-corrected chi connectivity index (χ1v) is 9.47. The van der Waals surface area contributed by atoms with Gasteiger partial charge in [-0.25, -0.2) is 12.7 Å². The van der Waals surface area contributed by atoms with Crippen LogP contribution in [0.4, 0.5) is 0 Å². The second-order valence-electron chi connectivity index (χ2n) is 6.50. The van der Waals surface area contributed by atoms with Crippen LogP contribution in [0, 0.1) is 6.92 Å². The Labute approximate surface area is 151 Å². The molecular formula is C17H19N3O5S. The second kappa shape index (κ2) is 6.24. The van der Waals surface area contributed by atoms with E-state index in [1.165, 1.54) is 23.1 Å². The molecular weight excluding hydrogens is 358 g/mol. The van der Waals surface area contributed by atoms with Crippen LogP contribution in [0.5, 0.6) is 0 Å². The molecule has 0 N–H and O–H groups in total. The summed E-state index contributed by atoms with van der Waals surface area (Å²) in [6.07, 6.45) is 0. The average Bonchev–Trinajstić information content (AvgIpc) is 3.05. The minimum absolute atomic E-state index is 0.0880. The summed E-state index contributed by atoms with van der Waals surface area (Å²) in [5.41, 5.74) is 0.867. The van der Waals surface area contributed by atoms with Gasteiger partial charge in [-0.2, -0.15) is 0 Å². The van der Waals surface area contributed by atoms with Gasteiger partial charge >= 0.3 is 0 Å². The van der Waals surface area contributed by atoms with Crippen molar-refractivity contribution >= 4 is 21.8 Å². The van der Waals surface area contributed by atoms with E-state index in [1.807, 2.05) is 0 Å². The van der Waals surface area contributed by atoms with E-state index >= 15 is 0 Å². The van der Waals surface area contributed by atoms with Gasteiger partial charge in [-0.15, -0.1) is 0 Å². The van der Waals surface area contributed by atoms with Crippen LogP contribution in [0.25, 0.3) is 0 Å². The Balaban J connectivity index is 1.91. The zero-order valence-corrected chi connectivity index (χ0v) is 15.7. The number of fused-ring (bicyclic) bond motifs is 1. The maximum atomic E-state index is 12.6. The summed E-state index contributed by atoms with van der Waals surface area (Å²) in [5.74, 6) is -0.309. The van der Waals surface area contributed by atoms with Crippen LogP contribution in [-0.4, -0.2) is 47.7 Å². The number of carbonyl (C=O) groups is 2. The predicted octanol–water partition coefficient (Wildman–Crippen LogP) is 1.81. The number of hydrogen-bond donors (Lipinski definition) is 0. The fourth-order valence-electron chi connectivity index (χ4n) is 2.92. The van der Waals surface area contributed by atoms with Crippen LogP contribution in [0.1, 0.15) is 46.0 Å². The molecule has 3 rings (SSSR count). The SMILES string of the molecule is Cc1cc(CN(C)C(=O)c2ccc3c(c2)S(=O)(=O)N(C(C)C)C3=O)no1. The fourth-order valence-corrected chi connectivity index (χ4v) is 4.71. The molecule has 1 aromatic carbocycles. The lowest BCUT2D eigenvalue weighted by molar-refractivity contribution is 0.0780. The molecule has 138 valence electrons. The topological polar surface area (TPSA) is 101 Å². The molecule has 26 heavy (non-hydrogen) atoms. The van der Waals surface area contributed by atoms with Crippen molar-refractivity contribution in [3.05, 3.63) is 46.8 Å². The summed E-state index contributed by atoms with van der Waals surface area (Å²) < 4.78 is 31.1. The molecule has 0 radical (unpaired) electrons. The molecule has 0 spiro atoms. The van der Waals surface area contributed by atoms with Crippen molar-refractivity contribution in [3.63, 3.8) is 0 Å². The molecule has 2 amide bonds. The lowest BCUT2D eigenvalue weighted by Gasteiger charge is -2.19. The third-order valence-electron chi connectivity index (χ3n) is 4.09. The van der Waals surface area contributed by atoms with E-state index in [9.17, 15) is 18.0 Å². The van der Waals surface area contributed by atoms with E-state index < -0.39 is 22.0 Å². The van der Waals surface area contributed by atoms with Crippen molar-refractivity contribution in [1.29, 1.82) is 0 Å². The minimum Gasteiger partial charge on any atom is -0.361 e. The minimum atomic E-state index is -3.95. The monoisotopic (exact) mass is 377 g/mol. The molecule has 0 bridgehead atoms. The largest absolute Gasteiger partial charge is 0.361 e. The maximum absolute atomic E-state index is 12.6.